The summed E-state index contributed by atoms with van der Waals surface area (Å²) in [6.07, 6.45) is 0.00648. The van der Waals surface area contributed by atoms with Gasteiger partial charge in [0.15, 0.2) is 5.13 Å². The van der Waals surface area contributed by atoms with E-state index >= 15 is 4.39 Å². The van der Waals surface area contributed by atoms with Gasteiger partial charge in [0.05, 0.1) is 23.1 Å². The highest BCUT2D eigenvalue weighted by Crippen LogP contribution is 2.38. The fourth-order valence-corrected chi connectivity index (χ4v) is 6.24. The second-order valence-corrected chi connectivity index (χ2v) is 11.9. The number of amides is 2. The van der Waals surface area contributed by atoms with Crippen LogP contribution in [0, 0.1) is 23.1 Å². The molecule has 1 aromatic heterocycles. The van der Waals surface area contributed by atoms with Gasteiger partial charge in [-0.1, -0.05) is 17.4 Å². The fraction of sp³-hybridized carbons (Fsp3) is 0.414. The summed E-state index contributed by atoms with van der Waals surface area (Å²) < 4.78 is 57.2. The Labute approximate surface area is 249 Å². The molecule has 1 N–H and O–H groups in total. The van der Waals surface area contributed by atoms with Crippen molar-refractivity contribution < 1.29 is 27.2 Å². The van der Waals surface area contributed by atoms with Crippen LogP contribution in [0.1, 0.15) is 30.7 Å². The molecule has 2 aromatic rings. The predicted molar refractivity (Wildman–Crippen MR) is 157 cm³/mol. The first-order valence-corrected chi connectivity index (χ1v) is 14.5. The number of carbonyl (C=O) groups is 2. The second kappa shape index (κ2) is 11.9. The Hall–Kier alpha value is -4.09. The van der Waals surface area contributed by atoms with Crippen molar-refractivity contribution in [1.82, 2.24) is 9.88 Å². The van der Waals surface area contributed by atoms with Crippen LogP contribution >= 0.6 is 11.3 Å². The summed E-state index contributed by atoms with van der Waals surface area (Å²) in [6, 6.07) is 4.98. The summed E-state index contributed by atoms with van der Waals surface area (Å²) in [6.45, 7) is 5.91. The first-order valence-electron chi connectivity index (χ1n) is 13.6. The Morgan fingerprint density at radius 3 is 2.56 bits per heavy atom. The van der Waals surface area contributed by atoms with Gasteiger partial charge in [0.25, 0.3) is 5.91 Å². The number of aliphatic imine (C=N–C) groups is 1. The van der Waals surface area contributed by atoms with E-state index in [-0.39, 0.29) is 29.9 Å². The van der Waals surface area contributed by atoms with Crippen LogP contribution in [0.5, 0.6) is 0 Å². The summed E-state index contributed by atoms with van der Waals surface area (Å²) in [5.74, 6) is -4.54. The quantitative estimate of drug-likeness (QED) is 0.489. The van der Waals surface area contributed by atoms with Gasteiger partial charge < -0.3 is 15.1 Å². The summed E-state index contributed by atoms with van der Waals surface area (Å²) in [7, 11) is 1.98. The van der Waals surface area contributed by atoms with Crippen LogP contribution in [0.25, 0.3) is 5.57 Å². The number of rotatable bonds is 5. The van der Waals surface area contributed by atoms with Gasteiger partial charge in [-0.05, 0) is 45.0 Å². The van der Waals surface area contributed by atoms with Gasteiger partial charge in [0, 0.05) is 56.1 Å². The van der Waals surface area contributed by atoms with Crippen LogP contribution in [0.4, 0.5) is 34.1 Å². The number of anilines is 3. The van der Waals surface area contributed by atoms with E-state index in [1.54, 1.807) is 0 Å². The van der Waals surface area contributed by atoms with Crippen LogP contribution in [0.15, 0.2) is 41.0 Å². The number of piperazine rings is 1. The molecular weight excluding hydrogens is 586 g/mol. The van der Waals surface area contributed by atoms with Crippen molar-refractivity contribution >= 4 is 51.4 Å². The SMILES string of the molecule is C[C@@H]1CN(c2cc(F)c(C3=CCCN(c4ncc(C#N)s4)C3)cc2NC(=O)C2C=NC(=O)C=C2C(F)(F)F)C[C@H](C)N1C. The number of dihydropyridines is 1. The molecule has 0 aliphatic carbocycles. The third kappa shape index (κ3) is 6.33. The monoisotopic (exact) mass is 615 g/mol. The molecule has 1 fully saturated rings. The molecule has 0 radical (unpaired) electrons. The van der Waals surface area contributed by atoms with Gasteiger partial charge in [-0.2, -0.15) is 18.4 Å². The normalized spacial score (nSPS) is 23.1. The molecule has 14 heteroatoms. The standard InChI is InChI=1S/C29H29F4N7O2S/c1-16-13-40(14-17(2)38(16)3)25-9-23(30)20(18-5-4-6-39(15-18)28-36-11-19(10-34)43-28)7-24(25)37-27(42)21-12-35-26(41)8-22(21)29(31,32)33/h5,7-9,11-12,16-17,21H,4,6,13-15H2,1-3H3,(H,37,42)/t16-,17+,21?. The minimum absolute atomic E-state index is 0.0810. The molecule has 0 saturated carbocycles. The van der Waals surface area contributed by atoms with Crippen molar-refractivity contribution in [3.63, 3.8) is 0 Å². The number of likely N-dealkylation sites (N-methyl/N-ethyl adjacent to an activating group) is 1. The van der Waals surface area contributed by atoms with Gasteiger partial charge in [0.2, 0.25) is 5.91 Å². The zero-order chi connectivity index (χ0) is 31.1. The largest absolute Gasteiger partial charge is 0.414 e. The molecule has 0 spiro atoms. The molecule has 3 atom stereocenters. The molecule has 2 amide bonds. The highest BCUT2D eigenvalue weighted by molar-refractivity contribution is 7.16. The maximum absolute atomic E-state index is 15.9. The van der Waals surface area contributed by atoms with E-state index in [0.717, 1.165) is 0 Å². The summed E-state index contributed by atoms with van der Waals surface area (Å²) in [5.41, 5.74) is -0.0252. The summed E-state index contributed by atoms with van der Waals surface area (Å²) in [5, 5.41) is 12.4. The smallest absolute Gasteiger partial charge is 0.367 e. The number of carbonyl (C=O) groups excluding carboxylic acids is 2. The lowest BCUT2D eigenvalue weighted by Gasteiger charge is -2.44. The lowest BCUT2D eigenvalue weighted by Crippen LogP contribution is -2.55. The Kier molecular flexibility index (Phi) is 8.40. The molecule has 0 bridgehead atoms. The van der Waals surface area contributed by atoms with Crippen molar-refractivity contribution in [3.8, 4) is 6.07 Å². The van der Waals surface area contributed by atoms with Crippen LogP contribution in [0.2, 0.25) is 0 Å². The number of hydrogen-bond acceptors (Lipinski definition) is 8. The van der Waals surface area contributed by atoms with Crippen molar-refractivity contribution in [1.29, 1.82) is 5.26 Å². The first kappa shape index (κ1) is 30.4. The van der Waals surface area contributed by atoms with Crippen LogP contribution in [-0.2, 0) is 9.59 Å². The predicted octanol–water partition coefficient (Wildman–Crippen LogP) is 4.63. The Balaban J connectivity index is 1.52. The van der Waals surface area contributed by atoms with E-state index < -0.39 is 35.3 Å². The van der Waals surface area contributed by atoms with E-state index in [9.17, 15) is 28.0 Å². The van der Waals surface area contributed by atoms with Gasteiger partial charge in [0.1, 0.15) is 22.7 Å². The lowest BCUT2D eigenvalue weighted by atomic mass is 9.95. The molecule has 43 heavy (non-hydrogen) atoms. The fourth-order valence-electron chi connectivity index (χ4n) is 5.50. The number of nitriles is 1. The van der Waals surface area contributed by atoms with Crippen molar-refractivity contribution in [2.45, 2.75) is 38.5 Å². The average molecular weight is 616 g/mol. The maximum Gasteiger partial charge on any atom is 0.414 e. The highest BCUT2D eigenvalue weighted by Gasteiger charge is 2.43. The van der Waals surface area contributed by atoms with E-state index in [1.165, 1.54) is 29.7 Å². The van der Waals surface area contributed by atoms with Crippen LogP contribution < -0.4 is 15.1 Å². The number of hydrogen-bond donors (Lipinski definition) is 1. The zero-order valence-electron chi connectivity index (χ0n) is 23.7. The molecule has 1 unspecified atom stereocenters. The lowest BCUT2D eigenvalue weighted by molar-refractivity contribution is -0.124. The topological polar surface area (TPSA) is 105 Å². The Morgan fingerprint density at radius 1 is 1.19 bits per heavy atom. The molecule has 9 nitrogen and oxygen atoms in total. The van der Waals surface area contributed by atoms with Gasteiger partial charge in [-0.3, -0.25) is 14.5 Å². The van der Waals surface area contributed by atoms with Crippen LogP contribution in [-0.4, -0.2) is 79.4 Å². The number of halogens is 4. The average Bonchev–Trinajstić information content (AvgIpc) is 3.45. The van der Waals surface area contributed by atoms with E-state index in [0.29, 0.717) is 59.6 Å². The third-order valence-corrected chi connectivity index (χ3v) is 8.95. The first-order chi connectivity index (χ1) is 20.3. The number of nitrogens with zero attached hydrogens (tertiary/aromatic N) is 6. The number of alkyl halides is 3. The Morgan fingerprint density at radius 2 is 1.91 bits per heavy atom. The molecule has 3 aliphatic rings. The molecule has 1 saturated heterocycles. The van der Waals surface area contributed by atoms with E-state index in [1.807, 2.05) is 36.8 Å². The maximum atomic E-state index is 15.9. The van der Waals surface area contributed by atoms with Crippen molar-refractivity contribution in [2.24, 2.45) is 10.9 Å². The van der Waals surface area contributed by atoms with Gasteiger partial charge >= 0.3 is 6.18 Å². The van der Waals surface area contributed by atoms with Gasteiger partial charge in [-0.15, -0.1) is 0 Å². The Bertz CT molecular complexity index is 1560. The zero-order valence-corrected chi connectivity index (χ0v) is 24.5. The number of nitrogens with one attached hydrogen (secondary N) is 1. The molecule has 226 valence electrons. The summed E-state index contributed by atoms with van der Waals surface area (Å²) in [4.78, 5) is 39.1. The minimum atomic E-state index is -4.93. The molecule has 1 aromatic carbocycles. The van der Waals surface area contributed by atoms with Crippen molar-refractivity contribution in [2.75, 3.05) is 48.3 Å². The van der Waals surface area contributed by atoms with E-state index in [4.69, 9.17) is 0 Å². The third-order valence-electron chi connectivity index (χ3n) is 7.99. The number of aromatic nitrogens is 1. The number of benzene rings is 1. The summed E-state index contributed by atoms with van der Waals surface area (Å²) >= 11 is 1.22. The molecule has 3 aliphatic heterocycles. The highest BCUT2D eigenvalue weighted by atomic mass is 32.1. The van der Waals surface area contributed by atoms with Crippen LogP contribution in [0.3, 0.4) is 0 Å². The minimum Gasteiger partial charge on any atom is -0.367 e. The second-order valence-electron chi connectivity index (χ2n) is 10.9. The van der Waals surface area contributed by atoms with Crippen molar-refractivity contribution in [3.05, 3.63) is 52.3 Å². The molecule has 5 rings (SSSR count). The molecular formula is C29H29F4N7O2S. The van der Waals surface area contributed by atoms with Gasteiger partial charge in [-0.25, -0.2) is 14.4 Å². The van der Waals surface area contributed by atoms with E-state index in [2.05, 4.69) is 26.3 Å². The number of thiazole rings is 1. The molecule has 4 heterocycles.